The van der Waals surface area contributed by atoms with Gasteiger partial charge in [0.25, 0.3) is 11.8 Å². The molecule has 0 radical (unpaired) electrons. The van der Waals surface area contributed by atoms with E-state index in [1.165, 1.54) is 29.1 Å². The Morgan fingerprint density at radius 2 is 2.03 bits per heavy atom. The molecule has 1 fully saturated rings. The van der Waals surface area contributed by atoms with Crippen LogP contribution in [0, 0.1) is 11.8 Å². The topological polar surface area (TPSA) is 109 Å². The molecule has 3 N–H and O–H groups in total. The molecule has 1 aliphatic rings. The number of carbonyl (C=O) groups excluding carboxylic acids is 2. The maximum Gasteiger partial charge on any atom is 0.405 e. The van der Waals surface area contributed by atoms with Crippen LogP contribution in [-0.4, -0.2) is 57.3 Å². The zero-order chi connectivity index (χ0) is 21.0. The summed E-state index contributed by atoms with van der Waals surface area (Å²) in [6.45, 7) is -1.93. The Bertz CT molecular complexity index is 987. The minimum Gasteiger partial charge on any atom is -0.384 e. The van der Waals surface area contributed by atoms with E-state index < -0.39 is 25.2 Å². The van der Waals surface area contributed by atoms with Crippen molar-refractivity contribution in [2.75, 3.05) is 13.2 Å². The van der Waals surface area contributed by atoms with Crippen molar-refractivity contribution in [1.29, 1.82) is 0 Å². The molecule has 152 valence electrons. The number of aliphatic hydroxyl groups is 1. The van der Waals surface area contributed by atoms with Crippen molar-refractivity contribution in [3.05, 3.63) is 41.2 Å². The number of nitrogens with zero attached hydrogens (tertiary/aromatic N) is 3. The van der Waals surface area contributed by atoms with E-state index in [9.17, 15) is 22.8 Å². The molecule has 11 heteroatoms. The van der Waals surface area contributed by atoms with Gasteiger partial charge in [0.05, 0.1) is 17.4 Å². The summed E-state index contributed by atoms with van der Waals surface area (Å²) in [6.07, 6.45) is -1.33. The average Bonchev–Trinajstić information content (AvgIpc) is 3.35. The van der Waals surface area contributed by atoms with E-state index in [0.29, 0.717) is 5.69 Å². The second-order valence-corrected chi connectivity index (χ2v) is 6.29. The molecule has 0 saturated heterocycles. The van der Waals surface area contributed by atoms with Crippen LogP contribution in [0.2, 0.25) is 0 Å². The minimum absolute atomic E-state index is 0.0490. The van der Waals surface area contributed by atoms with Crippen molar-refractivity contribution in [2.45, 2.75) is 25.1 Å². The quantitative estimate of drug-likeness (QED) is 0.636. The first-order chi connectivity index (χ1) is 13.8. The van der Waals surface area contributed by atoms with E-state index in [4.69, 9.17) is 5.11 Å². The molecule has 2 aromatic rings. The molecule has 2 amide bonds. The number of benzene rings is 1. The molecule has 1 aliphatic carbocycles. The van der Waals surface area contributed by atoms with Gasteiger partial charge >= 0.3 is 6.18 Å². The van der Waals surface area contributed by atoms with Crippen LogP contribution in [0.3, 0.4) is 0 Å². The predicted octanol–water partition coefficient (Wildman–Crippen LogP) is 0.795. The summed E-state index contributed by atoms with van der Waals surface area (Å²) >= 11 is 0. The number of hydrogen-bond acceptors (Lipinski definition) is 5. The van der Waals surface area contributed by atoms with E-state index in [-0.39, 0.29) is 28.8 Å². The summed E-state index contributed by atoms with van der Waals surface area (Å²) in [6, 6.07) is 4.14. The van der Waals surface area contributed by atoms with Gasteiger partial charge in [-0.1, -0.05) is 17.1 Å². The van der Waals surface area contributed by atoms with Crippen LogP contribution in [0.4, 0.5) is 13.2 Å². The Balaban J connectivity index is 1.85. The van der Waals surface area contributed by atoms with Gasteiger partial charge in [-0.3, -0.25) is 9.59 Å². The Morgan fingerprint density at radius 3 is 2.69 bits per heavy atom. The van der Waals surface area contributed by atoms with Crippen LogP contribution in [0.5, 0.6) is 0 Å². The van der Waals surface area contributed by atoms with Crippen LogP contribution >= 0.6 is 0 Å². The summed E-state index contributed by atoms with van der Waals surface area (Å²) in [4.78, 5) is 24.0. The maximum absolute atomic E-state index is 12.3. The molecule has 0 spiro atoms. The Kier molecular flexibility index (Phi) is 5.84. The fraction of sp³-hybridized carbons (Fsp3) is 0.333. The maximum atomic E-state index is 12.3. The van der Waals surface area contributed by atoms with Gasteiger partial charge in [0.1, 0.15) is 13.2 Å². The molecule has 1 saturated carbocycles. The van der Waals surface area contributed by atoms with E-state index in [1.54, 1.807) is 5.32 Å². The molecule has 1 aromatic carbocycles. The van der Waals surface area contributed by atoms with Crippen molar-refractivity contribution in [1.82, 2.24) is 25.6 Å². The highest BCUT2D eigenvalue weighted by Crippen LogP contribution is 2.20. The van der Waals surface area contributed by atoms with Crippen LogP contribution in [-0.2, 0) is 0 Å². The molecule has 29 heavy (non-hydrogen) atoms. The van der Waals surface area contributed by atoms with Crippen LogP contribution in [0.15, 0.2) is 24.4 Å². The third kappa shape index (κ3) is 5.55. The fourth-order valence-corrected chi connectivity index (χ4v) is 2.37. The van der Waals surface area contributed by atoms with Gasteiger partial charge in [-0.15, -0.1) is 5.10 Å². The second kappa shape index (κ2) is 8.32. The highest BCUT2D eigenvalue weighted by atomic mass is 19.4. The molecule has 0 unspecified atom stereocenters. The van der Waals surface area contributed by atoms with Gasteiger partial charge < -0.3 is 15.7 Å². The third-order valence-electron chi connectivity index (χ3n) is 3.90. The number of carbonyl (C=O) groups is 2. The number of nitrogens with one attached hydrogen (secondary N) is 2. The third-order valence-corrected chi connectivity index (χ3v) is 3.90. The lowest BCUT2D eigenvalue weighted by atomic mass is 10.1. The lowest BCUT2D eigenvalue weighted by molar-refractivity contribution is -0.123. The summed E-state index contributed by atoms with van der Waals surface area (Å²) in [5, 5.41) is 21.2. The van der Waals surface area contributed by atoms with E-state index in [1.807, 2.05) is 0 Å². The normalized spacial score (nSPS) is 13.4. The number of hydrogen-bond donors (Lipinski definition) is 3. The van der Waals surface area contributed by atoms with Gasteiger partial charge in [0, 0.05) is 11.6 Å². The summed E-state index contributed by atoms with van der Waals surface area (Å²) in [5.74, 6) is 3.74. The number of alkyl halides is 3. The van der Waals surface area contributed by atoms with Gasteiger partial charge in [0.15, 0.2) is 5.69 Å². The van der Waals surface area contributed by atoms with Crippen molar-refractivity contribution in [3.63, 3.8) is 0 Å². The first-order valence-electron chi connectivity index (χ1n) is 8.59. The van der Waals surface area contributed by atoms with Crippen LogP contribution < -0.4 is 10.6 Å². The smallest absolute Gasteiger partial charge is 0.384 e. The molecule has 0 aliphatic heterocycles. The fourth-order valence-electron chi connectivity index (χ4n) is 2.37. The minimum atomic E-state index is -4.53. The first kappa shape index (κ1) is 20.3. The number of rotatable bonds is 5. The summed E-state index contributed by atoms with van der Waals surface area (Å²) in [7, 11) is 0. The van der Waals surface area contributed by atoms with Gasteiger partial charge in [0.2, 0.25) is 0 Å². The SMILES string of the molecule is O=C(NCC(F)(F)F)c1ccc(-n2cc(C(=O)NC3CC3)nn2)c(C#CCO)c1. The van der Waals surface area contributed by atoms with Crippen molar-refractivity contribution in [2.24, 2.45) is 0 Å². The first-order valence-corrected chi connectivity index (χ1v) is 8.59. The predicted molar refractivity (Wildman–Crippen MR) is 94.2 cm³/mol. The van der Waals surface area contributed by atoms with Crippen LogP contribution in [0.25, 0.3) is 5.69 Å². The molecule has 8 nitrogen and oxygen atoms in total. The zero-order valence-corrected chi connectivity index (χ0v) is 15.0. The molecule has 0 bridgehead atoms. The zero-order valence-electron chi connectivity index (χ0n) is 15.0. The van der Waals surface area contributed by atoms with Gasteiger partial charge in [-0.25, -0.2) is 4.68 Å². The van der Waals surface area contributed by atoms with Crippen molar-refractivity contribution < 1.29 is 27.9 Å². The van der Waals surface area contributed by atoms with Crippen molar-refractivity contribution in [3.8, 4) is 17.5 Å². The van der Waals surface area contributed by atoms with Crippen molar-refractivity contribution >= 4 is 11.8 Å². The monoisotopic (exact) mass is 407 g/mol. The molecule has 1 aromatic heterocycles. The van der Waals surface area contributed by atoms with E-state index in [2.05, 4.69) is 27.5 Å². The standard InChI is InChI=1S/C18H16F3N5O3/c19-18(20,21)10-22-16(28)12-3-6-15(11(8-12)2-1-7-27)26-9-14(24-25-26)17(29)23-13-4-5-13/h3,6,8-9,13,27H,4-5,7,10H2,(H,22,28)(H,23,29). The Labute approximate surface area is 163 Å². The Morgan fingerprint density at radius 1 is 1.28 bits per heavy atom. The van der Waals surface area contributed by atoms with Gasteiger partial charge in [-0.2, -0.15) is 13.2 Å². The summed E-state index contributed by atoms with van der Waals surface area (Å²) in [5.41, 5.74) is 0.603. The lowest BCUT2D eigenvalue weighted by Crippen LogP contribution is -2.33. The Hall–Kier alpha value is -3.39. The van der Waals surface area contributed by atoms with E-state index in [0.717, 1.165) is 12.8 Å². The number of aromatic nitrogens is 3. The summed E-state index contributed by atoms with van der Waals surface area (Å²) < 4.78 is 38.2. The largest absolute Gasteiger partial charge is 0.405 e. The highest BCUT2D eigenvalue weighted by molar-refractivity contribution is 5.95. The number of halogens is 3. The lowest BCUT2D eigenvalue weighted by Gasteiger charge is -2.10. The number of amides is 2. The van der Waals surface area contributed by atoms with E-state index >= 15 is 0 Å². The second-order valence-electron chi connectivity index (χ2n) is 6.29. The molecular weight excluding hydrogens is 391 g/mol. The van der Waals surface area contributed by atoms with Crippen LogP contribution in [0.1, 0.15) is 39.3 Å². The average molecular weight is 407 g/mol. The molecule has 1 heterocycles. The van der Waals surface area contributed by atoms with Gasteiger partial charge in [-0.05, 0) is 31.0 Å². The molecule has 3 rings (SSSR count). The highest BCUT2D eigenvalue weighted by Gasteiger charge is 2.28. The molecule has 0 atom stereocenters. The molecular formula is C18H16F3N5O3. The number of aliphatic hydroxyl groups excluding tert-OH is 1.